The van der Waals surface area contributed by atoms with Gasteiger partial charge >= 0.3 is 11.9 Å². The van der Waals surface area contributed by atoms with Crippen LogP contribution < -0.4 is 11.1 Å². The van der Waals surface area contributed by atoms with Crippen molar-refractivity contribution in [2.24, 2.45) is 61.9 Å². The summed E-state index contributed by atoms with van der Waals surface area (Å²) in [5, 5.41) is 12.6. The van der Waals surface area contributed by atoms with Crippen LogP contribution in [0.1, 0.15) is 127 Å². The van der Waals surface area contributed by atoms with Crippen LogP contribution in [0.5, 0.6) is 0 Å². The molecule has 258 valence electrons. The number of ether oxygens (including phenoxy) is 1. The Morgan fingerprint density at radius 1 is 0.957 bits per heavy atom. The molecule has 8 atom stereocenters. The highest BCUT2D eigenvalue weighted by molar-refractivity contribution is 6.07. The minimum absolute atomic E-state index is 0.0108. The van der Waals surface area contributed by atoms with Crippen molar-refractivity contribution in [2.45, 2.75) is 133 Å². The number of rotatable bonds is 8. The van der Waals surface area contributed by atoms with Crippen LogP contribution in [0.4, 0.5) is 0 Å². The normalized spacial score (nSPS) is 40.0. The van der Waals surface area contributed by atoms with Gasteiger partial charge < -0.3 is 20.9 Å². The zero-order valence-electron chi connectivity index (χ0n) is 29.9. The maximum Gasteiger partial charge on any atom is 0.309 e. The van der Waals surface area contributed by atoms with Gasteiger partial charge in [-0.25, -0.2) is 0 Å². The molecule has 0 aromatic carbocycles. The molecule has 0 aromatic heterocycles. The van der Waals surface area contributed by atoms with Crippen LogP contribution in [0.25, 0.3) is 0 Å². The zero-order chi connectivity index (χ0) is 34.3. The minimum Gasteiger partial charge on any atom is -0.481 e. The summed E-state index contributed by atoms with van der Waals surface area (Å²) in [6.07, 6.45) is 7.39. The van der Waals surface area contributed by atoms with Crippen molar-refractivity contribution in [1.29, 1.82) is 0 Å². The third-order valence-electron chi connectivity index (χ3n) is 14.7. The van der Waals surface area contributed by atoms with Gasteiger partial charge in [0.1, 0.15) is 6.10 Å². The summed E-state index contributed by atoms with van der Waals surface area (Å²) in [6, 6.07) is 0. The van der Waals surface area contributed by atoms with Crippen LogP contribution in [0, 0.1) is 56.2 Å². The number of aliphatic carboxylic acids is 1. The lowest BCUT2D eigenvalue weighted by molar-refractivity contribution is -0.233. The molecule has 0 bridgehead atoms. The first-order valence-electron chi connectivity index (χ1n) is 17.9. The van der Waals surface area contributed by atoms with E-state index in [0.29, 0.717) is 31.3 Å². The number of ketones is 1. The first-order chi connectivity index (χ1) is 21.2. The topological polar surface area (TPSA) is 136 Å². The van der Waals surface area contributed by atoms with Gasteiger partial charge in [0.05, 0.1) is 17.3 Å². The van der Waals surface area contributed by atoms with Gasteiger partial charge in [-0.1, -0.05) is 48.5 Å². The molecular weight excluding hydrogens is 580 g/mol. The molecule has 0 radical (unpaired) electrons. The van der Waals surface area contributed by atoms with E-state index in [0.717, 1.165) is 56.1 Å². The van der Waals surface area contributed by atoms with Gasteiger partial charge in [0.25, 0.3) is 0 Å². The quantitative estimate of drug-likeness (QED) is 0.259. The van der Waals surface area contributed by atoms with Gasteiger partial charge in [-0.15, -0.1) is 0 Å². The maximum absolute atomic E-state index is 13.9. The van der Waals surface area contributed by atoms with Gasteiger partial charge in [-0.2, -0.15) is 0 Å². The summed E-state index contributed by atoms with van der Waals surface area (Å²) in [7, 11) is 0. The van der Waals surface area contributed by atoms with Gasteiger partial charge in [0.2, 0.25) is 5.91 Å². The number of carboxylic acid groups (broad SMARTS) is 1. The molecular formula is C38H60N2O6. The summed E-state index contributed by atoms with van der Waals surface area (Å²) in [5.74, 6) is -0.175. The van der Waals surface area contributed by atoms with Crippen molar-refractivity contribution < 1.29 is 29.0 Å². The first-order valence-corrected chi connectivity index (χ1v) is 17.9. The highest BCUT2D eigenvalue weighted by Gasteiger charge is 2.71. The largest absolute Gasteiger partial charge is 0.481 e. The van der Waals surface area contributed by atoms with E-state index in [9.17, 15) is 24.3 Å². The molecule has 0 saturated heterocycles. The highest BCUT2D eigenvalue weighted by atomic mass is 16.5. The lowest BCUT2D eigenvalue weighted by atomic mass is 9.33. The third-order valence-corrected chi connectivity index (χ3v) is 14.7. The molecule has 2 unspecified atom stereocenters. The van der Waals surface area contributed by atoms with Crippen molar-refractivity contribution in [3.05, 3.63) is 11.1 Å². The molecule has 8 nitrogen and oxygen atoms in total. The number of carboxylic acids is 1. The van der Waals surface area contributed by atoms with Crippen LogP contribution in [-0.2, 0) is 23.9 Å². The fourth-order valence-corrected chi connectivity index (χ4v) is 12.1. The van der Waals surface area contributed by atoms with E-state index in [1.807, 2.05) is 0 Å². The summed E-state index contributed by atoms with van der Waals surface area (Å²) < 4.78 is 6.12. The van der Waals surface area contributed by atoms with E-state index in [1.165, 1.54) is 0 Å². The Hall–Kier alpha value is -2.22. The lowest BCUT2D eigenvalue weighted by Crippen LogP contribution is -2.66. The van der Waals surface area contributed by atoms with Crippen LogP contribution in [0.2, 0.25) is 0 Å². The molecule has 46 heavy (non-hydrogen) atoms. The van der Waals surface area contributed by atoms with Gasteiger partial charge in [-0.05, 0) is 116 Å². The SMILES string of the molecule is CC(C)C1=C2[C@H]3CCC4[C@@]5(C)CC[C@H](OC(=O)CC(C)(C)C(=O)O)C(C)(C)C5CC[C@@]4(C)[C@]3(C)CC[C@@]2(C(=O)NCCN)CC1=O. The Balaban J connectivity index is 1.46. The Morgan fingerprint density at radius 2 is 1.63 bits per heavy atom. The molecule has 5 aliphatic carbocycles. The number of esters is 1. The number of carbonyl (C=O) groups is 4. The Bertz CT molecular complexity index is 1330. The highest BCUT2D eigenvalue weighted by Crippen LogP contribution is 2.76. The summed E-state index contributed by atoms with van der Waals surface area (Å²) in [4.78, 5) is 52.3. The molecule has 0 aromatic rings. The number of nitrogens with one attached hydrogen (secondary N) is 1. The average molecular weight is 641 g/mol. The molecule has 0 spiro atoms. The number of hydrogen-bond donors (Lipinski definition) is 3. The number of carbonyl (C=O) groups excluding carboxylic acids is 3. The maximum atomic E-state index is 13.9. The van der Waals surface area contributed by atoms with Gasteiger partial charge in [-0.3, -0.25) is 19.2 Å². The van der Waals surface area contributed by atoms with Gasteiger partial charge in [0.15, 0.2) is 5.78 Å². The number of Topliss-reactive ketones (excluding diaryl/α,β-unsaturated/α-hetero) is 1. The molecule has 8 heteroatoms. The number of allylic oxidation sites excluding steroid dienone is 1. The molecule has 4 fully saturated rings. The molecule has 1 amide bonds. The molecule has 5 rings (SSSR count). The molecule has 4 N–H and O–H groups in total. The van der Waals surface area contributed by atoms with Crippen LogP contribution in [0.3, 0.4) is 0 Å². The Kier molecular flexibility index (Phi) is 8.73. The predicted octanol–water partition coefficient (Wildman–Crippen LogP) is 6.45. The van der Waals surface area contributed by atoms with Crippen molar-refractivity contribution in [1.82, 2.24) is 5.32 Å². The van der Waals surface area contributed by atoms with Crippen molar-refractivity contribution in [3.63, 3.8) is 0 Å². The summed E-state index contributed by atoms with van der Waals surface area (Å²) >= 11 is 0. The smallest absolute Gasteiger partial charge is 0.309 e. The standard InChI is InChI=1S/C38H60N2O6/c1-22(2)29-24(41)20-38(31(43)40-19-18-39)17-16-36(8)23(30(29)38)10-11-26-35(7)14-13-27(46-28(42)21-33(3,4)32(44)45)34(5,6)25(35)12-15-37(26,36)9/h22-23,25-27H,10-21,39H2,1-9H3,(H,40,43)(H,44,45)/t23-,25?,26?,27+,35+,36-,37-,38-/m1/s1. The minimum atomic E-state index is -1.16. The van der Waals surface area contributed by atoms with Crippen LogP contribution in [-0.4, -0.2) is 47.9 Å². The van der Waals surface area contributed by atoms with Crippen LogP contribution in [0.15, 0.2) is 11.1 Å². The fourth-order valence-electron chi connectivity index (χ4n) is 12.1. The molecule has 4 saturated carbocycles. The van der Waals surface area contributed by atoms with E-state index >= 15 is 0 Å². The number of nitrogens with two attached hydrogens (primary N) is 1. The van der Waals surface area contributed by atoms with E-state index in [-0.39, 0.29) is 64.1 Å². The summed E-state index contributed by atoms with van der Waals surface area (Å²) in [5.41, 5.74) is 5.73. The Labute approximate surface area is 276 Å². The number of fused-ring (bicyclic) bond motifs is 7. The van der Waals surface area contributed by atoms with E-state index in [4.69, 9.17) is 10.5 Å². The monoisotopic (exact) mass is 640 g/mol. The molecule has 0 aliphatic heterocycles. The van der Waals surface area contributed by atoms with Crippen molar-refractivity contribution in [3.8, 4) is 0 Å². The predicted molar refractivity (Wildman–Crippen MR) is 177 cm³/mol. The van der Waals surface area contributed by atoms with Crippen molar-refractivity contribution >= 4 is 23.6 Å². The summed E-state index contributed by atoms with van der Waals surface area (Å²) in [6.45, 7) is 20.1. The van der Waals surface area contributed by atoms with E-state index in [1.54, 1.807) is 13.8 Å². The van der Waals surface area contributed by atoms with E-state index < -0.39 is 22.8 Å². The third kappa shape index (κ3) is 4.92. The number of hydrogen-bond acceptors (Lipinski definition) is 6. The number of amides is 1. The van der Waals surface area contributed by atoms with Gasteiger partial charge in [0, 0.05) is 24.9 Å². The van der Waals surface area contributed by atoms with E-state index in [2.05, 4.69) is 53.8 Å². The van der Waals surface area contributed by atoms with Crippen molar-refractivity contribution in [2.75, 3.05) is 13.1 Å². The zero-order valence-corrected chi connectivity index (χ0v) is 29.9. The Morgan fingerprint density at radius 3 is 2.24 bits per heavy atom. The lowest BCUT2D eigenvalue weighted by Gasteiger charge is -2.72. The first kappa shape index (κ1) is 35.1. The second-order valence-corrected chi connectivity index (χ2v) is 18.0. The second kappa shape index (κ2) is 11.4. The second-order valence-electron chi connectivity index (χ2n) is 18.0. The van der Waals surface area contributed by atoms with Crippen LogP contribution >= 0.6 is 0 Å². The fraction of sp³-hybridized carbons (Fsp3) is 0.842. The molecule has 5 aliphatic rings. The molecule has 0 heterocycles. The average Bonchev–Trinajstić information content (AvgIpc) is 3.26.